The average molecular weight is 470 g/mol. The van der Waals surface area contributed by atoms with E-state index in [4.69, 9.17) is 4.74 Å². The van der Waals surface area contributed by atoms with Crippen molar-refractivity contribution in [2.45, 2.75) is 38.0 Å². The summed E-state index contributed by atoms with van der Waals surface area (Å²) in [5.41, 5.74) is 0.378. The van der Waals surface area contributed by atoms with Gasteiger partial charge in [-0.05, 0) is 30.0 Å². The van der Waals surface area contributed by atoms with Crippen molar-refractivity contribution in [2.24, 2.45) is 0 Å². The van der Waals surface area contributed by atoms with Gasteiger partial charge in [0.1, 0.15) is 12.2 Å². The van der Waals surface area contributed by atoms with E-state index in [2.05, 4.69) is 21.3 Å². The first-order valence-electron chi connectivity index (χ1n) is 11.2. The lowest BCUT2D eigenvalue weighted by atomic mass is 10.1. The number of aromatic nitrogens is 1. The first-order chi connectivity index (χ1) is 16.0. The lowest BCUT2D eigenvalue weighted by Gasteiger charge is -2.42. The monoisotopic (exact) mass is 469 g/mol. The number of fused-ring (bicyclic) bond motifs is 4. The molecule has 3 aliphatic rings. The lowest BCUT2D eigenvalue weighted by Crippen LogP contribution is -2.61. The van der Waals surface area contributed by atoms with E-state index in [1.54, 1.807) is 41.5 Å². The Hall–Kier alpha value is -2.98. The Bertz CT molecular complexity index is 1050. The van der Waals surface area contributed by atoms with Crippen molar-refractivity contribution in [3.8, 4) is 5.88 Å². The molecule has 2 bridgehead atoms. The SMILES string of the molecule is CC(=O)N1CCN2C(=O)[C@@H]3C[C@H](CN3Cc3cccs3)NC(=O)c3cccnc3OC[C@@H]2C1. The Kier molecular flexibility index (Phi) is 6.03. The zero-order valence-corrected chi connectivity index (χ0v) is 19.3. The molecule has 5 heterocycles. The molecular formula is C23H27N5O4S. The van der Waals surface area contributed by atoms with Crippen molar-refractivity contribution in [1.82, 2.24) is 25.0 Å². The molecule has 33 heavy (non-hydrogen) atoms. The number of amides is 3. The number of hydrogen-bond donors (Lipinski definition) is 1. The van der Waals surface area contributed by atoms with Crippen LogP contribution >= 0.6 is 11.3 Å². The molecule has 1 N–H and O–H groups in total. The number of nitrogens with one attached hydrogen (secondary N) is 1. The van der Waals surface area contributed by atoms with Crippen LogP contribution in [0.1, 0.15) is 28.6 Å². The Morgan fingerprint density at radius 2 is 2.12 bits per heavy atom. The van der Waals surface area contributed by atoms with Gasteiger partial charge < -0.3 is 19.9 Å². The molecule has 2 fully saturated rings. The molecule has 0 radical (unpaired) electrons. The lowest BCUT2D eigenvalue weighted by molar-refractivity contribution is -0.146. The average Bonchev–Trinajstić information content (AvgIpc) is 3.46. The molecular weight excluding hydrogens is 442 g/mol. The molecule has 2 saturated heterocycles. The zero-order chi connectivity index (χ0) is 22.9. The van der Waals surface area contributed by atoms with Gasteiger partial charge in [0.2, 0.25) is 17.7 Å². The van der Waals surface area contributed by atoms with Gasteiger partial charge in [-0.15, -0.1) is 11.3 Å². The number of carbonyl (C=O) groups is 3. The maximum atomic E-state index is 13.8. The number of thiophene rings is 1. The van der Waals surface area contributed by atoms with Crippen molar-refractivity contribution >= 4 is 29.1 Å². The summed E-state index contributed by atoms with van der Waals surface area (Å²) in [6, 6.07) is 6.68. The van der Waals surface area contributed by atoms with E-state index in [1.165, 1.54) is 4.88 Å². The minimum Gasteiger partial charge on any atom is -0.475 e. The Balaban J connectivity index is 1.48. The van der Waals surface area contributed by atoms with Gasteiger partial charge in [-0.3, -0.25) is 19.3 Å². The summed E-state index contributed by atoms with van der Waals surface area (Å²) in [7, 11) is 0. The molecule has 3 aliphatic heterocycles. The Morgan fingerprint density at radius 1 is 1.24 bits per heavy atom. The van der Waals surface area contributed by atoms with E-state index < -0.39 is 0 Å². The fourth-order valence-corrected chi connectivity index (χ4v) is 5.65. The Labute approximate surface area is 196 Å². The molecule has 9 nitrogen and oxygen atoms in total. The van der Waals surface area contributed by atoms with E-state index in [0.29, 0.717) is 44.7 Å². The van der Waals surface area contributed by atoms with Crippen molar-refractivity contribution in [3.63, 3.8) is 0 Å². The fraction of sp³-hybridized carbons (Fsp3) is 0.478. The van der Waals surface area contributed by atoms with E-state index >= 15 is 0 Å². The van der Waals surface area contributed by atoms with Crippen LogP contribution in [0.3, 0.4) is 0 Å². The van der Waals surface area contributed by atoms with Crippen molar-refractivity contribution in [1.29, 1.82) is 0 Å². The predicted octanol–water partition coefficient (Wildman–Crippen LogP) is 0.968. The summed E-state index contributed by atoms with van der Waals surface area (Å²) in [5.74, 6) is -0.0000797. The molecule has 174 valence electrons. The number of ether oxygens (including phenoxy) is 1. The second-order valence-corrected chi connectivity index (χ2v) is 9.78. The second kappa shape index (κ2) is 9.11. The summed E-state index contributed by atoms with van der Waals surface area (Å²) in [4.78, 5) is 50.1. The topological polar surface area (TPSA) is 95.1 Å². The van der Waals surface area contributed by atoms with E-state index in [0.717, 1.165) is 0 Å². The third kappa shape index (κ3) is 4.45. The van der Waals surface area contributed by atoms with Crippen LogP contribution in [0.25, 0.3) is 0 Å². The van der Waals surface area contributed by atoms with Gasteiger partial charge >= 0.3 is 0 Å². The maximum Gasteiger partial charge on any atom is 0.257 e. The molecule has 2 aromatic rings. The standard InChI is InChI=1S/C23H27N5O4S/c1-15(29)26-7-8-28-17(12-26)14-32-22-19(5-2-6-24-22)21(30)25-16-10-20(23(28)31)27(11-16)13-18-4-3-9-33-18/h2-6,9,16-17,20H,7-8,10-14H2,1H3,(H,25,30)/t16-,17+,20+/m1/s1. The van der Waals surface area contributed by atoms with Gasteiger partial charge in [-0.1, -0.05) is 6.07 Å². The highest BCUT2D eigenvalue weighted by Gasteiger charge is 2.43. The highest BCUT2D eigenvalue weighted by molar-refractivity contribution is 7.09. The number of nitrogens with zero attached hydrogens (tertiary/aromatic N) is 4. The van der Waals surface area contributed by atoms with Crippen LogP contribution in [0.15, 0.2) is 35.8 Å². The third-order valence-corrected chi connectivity index (χ3v) is 7.46. The van der Waals surface area contributed by atoms with Crippen molar-refractivity contribution in [3.05, 3.63) is 46.3 Å². The molecule has 5 rings (SSSR count). The number of rotatable bonds is 2. The van der Waals surface area contributed by atoms with Gasteiger partial charge in [0.15, 0.2) is 0 Å². The van der Waals surface area contributed by atoms with Crippen LogP contribution in [0, 0.1) is 0 Å². The third-order valence-electron chi connectivity index (χ3n) is 6.60. The smallest absolute Gasteiger partial charge is 0.257 e. The van der Waals surface area contributed by atoms with Gasteiger partial charge in [-0.2, -0.15) is 0 Å². The molecule has 2 aromatic heterocycles. The summed E-state index contributed by atoms with van der Waals surface area (Å²) >= 11 is 1.66. The molecule has 10 heteroatoms. The maximum absolute atomic E-state index is 13.8. The van der Waals surface area contributed by atoms with Crippen LogP contribution < -0.4 is 10.1 Å². The van der Waals surface area contributed by atoms with E-state index in [9.17, 15) is 14.4 Å². The molecule has 0 aliphatic carbocycles. The van der Waals surface area contributed by atoms with Gasteiger partial charge in [0.05, 0.1) is 12.1 Å². The molecule has 0 unspecified atom stereocenters. The summed E-state index contributed by atoms with van der Waals surface area (Å²) < 4.78 is 5.96. The summed E-state index contributed by atoms with van der Waals surface area (Å²) in [5, 5.41) is 5.12. The van der Waals surface area contributed by atoms with Crippen LogP contribution in [0.2, 0.25) is 0 Å². The van der Waals surface area contributed by atoms with E-state index in [-0.39, 0.29) is 48.3 Å². The molecule has 3 amide bonds. The van der Waals surface area contributed by atoms with Crippen LogP contribution in [-0.2, 0) is 16.1 Å². The number of carbonyl (C=O) groups excluding carboxylic acids is 3. The number of pyridine rings is 1. The zero-order valence-electron chi connectivity index (χ0n) is 18.5. The minimum absolute atomic E-state index is 0.0219. The number of likely N-dealkylation sites (tertiary alicyclic amines) is 1. The van der Waals surface area contributed by atoms with Crippen LogP contribution in [0.5, 0.6) is 5.88 Å². The first kappa shape index (κ1) is 21.8. The fourth-order valence-electron chi connectivity index (χ4n) is 4.92. The highest BCUT2D eigenvalue weighted by Crippen LogP contribution is 2.27. The van der Waals surface area contributed by atoms with E-state index in [1.807, 2.05) is 16.3 Å². The quantitative estimate of drug-likeness (QED) is 0.704. The first-order valence-corrected chi connectivity index (χ1v) is 12.1. The molecule has 0 aromatic carbocycles. The molecule has 0 saturated carbocycles. The van der Waals surface area contributed by atoms with Gasteiger partial charge in [0.25, 0.3) is 5.91 Å². The van der Waals surface area contributed by atoms with Gasteiger partial charge in [0, 0.05) is 56.8 Å². The normalized spacial score (nSPS) is 25.9. The van der Waals surface area contributed by atoms with Crippen LogP contribution in [-0.4, -0.2) is 88.3 Å². The van der Waals surface area contributed by atoms with Crippen LogP contribution in [0.4, 0.5) is 0 Å². The largest absolute Gasteiger partial charge is 0.475 e. The Morgan fingerprint density at radius 3 is 2.91 bits per heavy atom. The number of hydrogen-bond acceptors (Lipinski definition) is 7. The summed E-state index contributed by atoms with van der Waals surface area (Å²) in [6.45, 7) is 4.32. The van der Waals surface area contributed by atoms with Gasteiger partial charge in [-0.25, -0.2) is 4.98 Å². The molecule has 0 spiro atoms. The minimum atomic E-state index is -0.337. The number of piperazine rings is 1. The predicted molar refractivity (Wildman–Crippen MR) is 122 cm³/mol. The van der Waals surface area contributed by atoms with Crippen molar-refractivity contribution < 1.29 is 19.1 Å². The van der Waals surface area contributed by atoms with Crippen molar-refractivity contribution in [2.75, 3.05) is 32.8 Å². The summed E-state index contributed by atoms with van der Waals surface area (Å²) in [6.07, 6.45) is 2.13. The highest BCUT2D eigenvalue weighted by atomic mass is 32.1. The second-order valence-electron chi connectivity index (χ2n) is 8.75. The molecule has 3 atom stereocenters.